The van der Waals surface area contributed by atoms with Crippen LogP contribution in [0.1, 0.15) is 36.7 Å². The van der Waals surface area contributed by atoms with E-state index in [4.69, 9.17) is 5.84 Å². The summed E-state index contributed by atoms with van der Waals surface area (Å²) in [6.45, 7) is 6.36. The average molecular weight is 268 g/mol. The third-order valence-electron chi connectivity index (χ3n) is 3.35. The number of nitrogen functional groups attached to an aromatic ring is 1. The van der Waals surface area contributed by atoms with Gasteiger partial charge in [-0.3, -0.25) is 10.2 Å². The van der Waals surface area contributed by atoms with Crippen molar-refractivity contribution in [3.63, 3.8) is 0 Å². The molecule has 0 unspecified atom stereocenters. The first-order chi connectivity index (χ1) is 9.43. The normalized spacial score (nSPS) is 11.2. The summed E-state index contributed by atoms with van der Waals surface area (Å²) >= 11 is 0. The highest BCUT2D eigenvalue weighted by Gasteiger charge is 2.18. The quantitative estimate of drug-likeness (QED) is 0.499. The summed E-state index contributed by atoms with van der Waals surface area (Å²) in [5.74, 6) is 5.04. The molecular formula is C17H20N2O. The van der Waals surface area contributed by atoms with Crippen LogP contribution >= 0.6 is 0 Å². The maximum Gasteiger partial charge on any atom is 0.265 e. The zero-order valence-electron chi connectivity index (χ0n) is 12.1. The zero-order chi connectivity index (χ0) is 14.8. The molecule has 20 heavy (non-hydrogen) atoms. The molecule has 1 amide bonds. The van der Waals surface area contributed by atoms with Gasteiger partial charge in [0.05, 0.1) is 0 Å². The van der Waals surface area contributed by atoms with Gasteiger partial charge < -0.3 is 0 Å². The summed E-state index contributed by atoms with van der Waals surface area (Å²) in [4.78, 5) is 12.1. The van der Waals surface area contributed by atoms with Gasteiger partial charge in [0.25, 0.3) is 5.91 Å². The van der Waals surface area contributed by atoms with Gasteiger partial charge >= 0.3 is 0 Å². The molecule has 0 atom stereocenters. The van der Waals surface area contributed by atoms with Gasteiger partial charge in [-0.05, 0) is 28.2 Å². The SMILES string of the molecule is CC(C)(C)c1ccc(-c2ccccc2)c(C(=O)NN)c1. The first kappa shape index (κ1) is 14.3. The van der Waals surface area contributed by atoms with Crippen LogP contribution in [0.15, 0.2) is 48.5 Å². The van der Waals surface area contributed by atoms with E-state index >= 15 is 0 Å². The van der Waals surface area contributed by atoms with Crippen LogP contribution in [-0.4, -0.2) is 5.91 Å². The highest BCUT2D eigenvalue weighted by molar-refractivity contribution is 6.00. The van der Waals surface area contributed by atoms with Crippen molar-refractivity contribution in [1.29, 1.82) is 0 Å². The minimum Gasteiger partial charge on any atom is -0.290 e. The van der Waals surface area contributed by atoms with Gasteiger partial charge in [-0.25, -0.2) is 5.84 Å². The number of benzene rings is 2. The highest BCUT2D eigenvalue weighted by atomic mass is 16.2. The molecule has 0 saturated carbocycles. The second kappa shape index (κ2) is 5.47. The molecule has 0 aliphatic rings. The predicted octanol–water partition coefficient (Wildman–Crippen LogP) is 3.25. The van der Waals surface area contributed by atoms with Crippen molar-refractivity contribution in [2.75, 3.05) is 0 Å². The van der Waals surface area contributed by atoms with Gasteiger partial charge in [0.2, 0.25) is 0 Å². The van der Waals surface area contributed by atoms with E-state index in [2.05, 4.69) is 32.3 Å². The van der Waals surface area contributed by atoms with Crippen molar-refractivity contribution < 1.29 is 4.79 Å². The third kappa shape index (κ3) is 2.89. The van der Waals surface area contributed by atoms with E-state index in [1.165, 1.54) is 0 Å². The molecule has 3 heteroatoms. The van der Waals surface area contributed by atoms with Gasteiger partial charge in [-0.15, -0.1) is 0 Å². The first-order valence-corrected chi connectivity index (χ1v) is 6.64. The molecule has 3 nitrogen and oxygen atoms in total. The Morgan fingerprint density at radius 2 is 1.70 bits per heavy atom. The van der Waals surface area contributed by atoms with Gasteiger partial charge in [-0.1, -0.05) is 63.2 Å². The Hall–Kier alpha value is -2.13. The molecule has 3 N–H and O–H groups in total. The van der Waals surface area contributed by atoms with Crippen LogP contribution in [0.3, 0.4) is 0 Å². The van der Waals surface area contributed by atoms with Gasteiger partial charge in [-0.2, -0.15) is 0 Å². The van der Waals surface area contributed by atoms with E-state index in [1.54, 1.807) is 0 Å². The molecular weight excluding hydrogens is 248 g/mol. The Labute approximate surface area is 119 Å². The van der Waals surface area contributed by atoms with E-state index in [0.717, 1.165) is 16.7 Å². The molecule has 0 fully saturated rings. The lowest BCUT2D eigenvalue weighted by Gasteiger charge is -2.21. The molecule has 0 saturated heterocycles. The van der Waals surface area contributed by atoms with Gasteiger partial charge in [0.15, 0.2) is 0 Å². The maximum absolute atomic E-state index is 12.1. The molecule has 0 spiro atoms. The molecule has 104 valence electrons. The van der Waals surface area contributed by atoms with Crippen molar-refractivity contribution in [1.82, 2.24) is 5.43 Å². The largest absolute Gasteiger partial charge is 0.290 e. The molecule has 0 aromatic heterocycles. The predicted molar refractivity (Wildman–Crippen MR) is 82.2 cm³/mol. The smallest absolute Gasteiger partial charge is 0.265 e. The molecule has 0 heterocycles. The number of hydrazine groups is 1. The van der Waals surface area contributed by atoms with E-state index in [1.807, 2.05) is 42.5 Å². The Kier molecular flexibility index (Phi) is 3.91. The summed E-state index contributed by atoms with van der Waals surface area (Å²) in [5, 5.41) is 0. The lowest BCUT2D eigenvalue weighted by Crippen LogP contribution is -2.30. The molecule has 0 bridgehead atoms. The van der Waals surface area contributed by atoms with Crippen LogP contribution in [-0.2, 0) is 5.41 Å². The Balaban J connectivity index is 2.61. The van der Waals surface area contributed by atoms with Crippen LogP contribution in [0.4, 0.5) is 0 Å². The number of nitrogens with one attached hydrogen (secondary N) is 1. The number of amides is 1. The fourth-order valence-corrected chi connectivity index (χ4v) is 2.15. The van der Waals surface area contributed by atoms with Crippen LogP contribution in [0.25, 0.3) is 11.1 Å². The van der Waals surface area contributed by atoms with Crippen LogP contribution < -0.4 is 11.3 Å². The van der Waals surface area contributed by atoms with Gasteiger partial charge in [0.1, 0.15) is 0 Å². The fraction of sp³-hybridized carbons (Fsp3) is 0.235. The topological polar surface area (TPSA) is 55.1 Å². The van der Waals surface area contributed by atoms with Crippen molar-refractivity contribution in [3.05, 3.63) is 59.7 Å². The monoisotopic (exact) mass is 268 g/mol. The lowest BCUT2D eigenvalue weighted by molar-refractivity contribution is 0.0954. The third-order valence-corrected chi connectivity index (χ3v) is 3.35. The second-order valence-electron chi connectivity index (χ2n) is 5.85. The van der Waals surface area contributed by atoms with E-state index in [0.29, 0.717) is 5.56 Å². The molecule has 2 rings (SSSR count). The summed E-state index contributed by atoms with van der Waals surface area (Å²) in [7, 11) is 0. The number of hydrogen-bond acceptors (Lipinski definition) is 2. The second-order valence-corrected chi connectivity index (χ2v) is 5.85. The number of rotatable bonds is 2. The van der Waals surface area contributed by atoms with E-state index in [9.17, 15) is 4.79 Å². The Morgan fingerprint density at radius 3 is 2.25 bits per heavy atom. The fourth-order valence-electron chi connectivity index (χ4n) is 2.15. The van der Waals surface area contributed by atoms with E-state index in [-0.39, 0.29) is 11.3 Å². The number of carbonyl (C=O) groups is 1. The van der Waals surface area contributed by atoms with Crippen LogP contribution in [0.5, 0.6) is 0 Å². The maximum atomic E-state index is 12.1. The summed E-state index contributed by atoms with van der Waals surface area (Å²) in [6, 6.07) is 15.8. The summed E-state index contributed by atoms with van der Waals surface area (Å²) in [5.41, 5.74) is 5.82. The van der Waals surface area contributed by atoms with Crippen molar-refractivity contribution in [2.24, 2.45) is 5.84 Å². The lowest BCUT2D eigenvalue weighted by atomic mass is 9.84. The number of nitrogens with two attached hydrogens (primary N) is 1. The van der Waals surface area contributed by atoms with Crippen molar-refractivity contribution >= 4 is 5.91 Å². The number of hydrogen-bond donors (Lipinski definition) is 2. The van der Waals surface area contributed by atoms with Crippen LogP contribution in [0, 0.1) is 0 Å². The van der Waals surface area contributed by atoms with E-state index < -0.39 is 0 Å². The molecule has 2 aromatic rings. The minimum absolute atomic E-state index is 0.0150. The van der Waals surface area contributed by atoms with Crippen LogP contribution in [0.2, 0.25) is 0 Å². The molecule has 0 radical (unpaired) electrons. The standard InChI is InChI=1S/C17H20N2O/c1-17(2,3)13-9-10-14(12-7-5-4-6-8-12)15(11-13)16(20)19-18/h4-11H,18H2,1-3H3,(H,19,20). The first-order valence-electron chi connectivity index (χ1n) is 6.64. The zero-order valence-corrected chi connectivity index (χ0v) is 12.1. The summed E-state index contributed by atoms with van der Waals surface area (Å²) < 4.78 is 0. The highest BCUT2D eigenvalue weighted by Crippen LogP contribution is 2.29. The Morgan fingerprint density at radius 1 is 1.05 bits per heavy atom. The average Bonchev–Trinajstić information content (AvgIpc) is 2.45. The minimum atomic E-state index is -0.269. The van der Waals surface area contributed by atoms with Gasteiger partial charge in [0, 0.05) is 5.56 Å². The Bertz CT molecular complexity index is 613. The molecule has 2 aromatic carbocycles. The number of carbonyl (C=O) groups excluding carboxylic acids is 1. The van der Waals surface area contributed by atoms with Crippen molar-refractivity contribution in [2.45, 2.75) is 26.2 Å². The molecule has 0 aliphatic carbocycles. The summed E-state index contributed by atoms with van der Waals surface area (Å²) in [6.07, 6.45) is 0. The van der Waals surface area contributed by atoms with Crippen molar-refractivity contribution in [3.8, 4) is 11.1 Å². The molecule has 0 aliphatic heterocycles.